The van der Waals surface area contributed by atoms with Crippen LogP contribution >= 0.6 is 0 Å². The lowest BCUT2D eigenvalue weighted by molar-refractivity contribution is 0.0685. The summed E-state index contributed by atoms with van der Waals surface area (Å²) < 4.78 is 13.7. The fourth-order valence-corrected chi connectivity index (χ4v) is 3.14. The normalized spacial score (nSPS) is 18.2. The Balaban J connectivity index is 1.46. The highest BCUT2D eigenvalue weighted by Gasteiger charge is 2.28. The number of halogens is 1. The molecule has 25 heavy (non-hydrogen) atoms. The number of carbonyl (C=O) groups is 3. The number of amides is 5. The number of likely N-dealkylation sites (tertiary alicyclic amines) is 1. The Bertz CT molecular complexity index is 674. The van der Waals surface area contributed by atoms with Crippen LogP contribution in [0.4, 0.5) is 14.0 Å². The molecular formula is C17H21FN4O3. The number of benzene rings is 1. The van der Waals surface area contributed by atoms with Crippen molar-refractivity contribution in [3.63, 3.8) is 0 Å². The number of carbonyl (C=O) groups excluding carboxylic acids is 3. The number of hydrogen-bond acceptors (Lipinski definition) is 3. The topological polar surface area (TPSA) is 81.8 Å². The molecule has 3 rings (SSSR count). The van der Waals surface area contributed by atoms with Crippen molar-refractivity contribution in [2.24, 2.45) is 5.92 Å². The van der Waals surface area contributed by atoms with Crippen LogP contribution in [0.1, 0.15) is 23.2 Å². The van der Waals surface area contributed by atoms with E-state index in [0.717, 1.165) is 17.7 Å². The Labute approximate surface area is 145 Å². The van der Waals surface area contributed by atoms with Crippen molar-refractivity contribution in [1.29, 1.82) is 0 Å². The molecule has 5 amide bonds. The molecule has 1 aromatic carbocycles. The fourth-order valence-electron chi connectivity index (χ4n) is 3.14. The Morgan fingerprint density at radius 3 is 2.56 bits per heavy atom. The van der Waals surface area contributed by atoms with Crippen LogP contribution < -0.4 is 10.6 Å². The first-order valence-electron chi connectivity index (χ1n) is 8.43. The second-order valence-electron chi connectivity index (χ2n) is 6.29. The van der Waals surface area contributed by atoms with Crippen molar-refractivity contribution in [3.05, 3.63) is 35.6 Å². The summed E-state index contributed by atoms with van der Waals surface area (Å²) in [6.07, 6.45) is 1.46. The number of nitrogens with one attached hydrogen (secondary N) is 2. The molecule has 2 fully saturated rings. The third-order valence-electron chi connectivity index (χ3n) is 4.65. The molecule has 0 aromatic heterocycles. The van der Waals surface area contributed by atoms with E-state index in [4.69, 9.17) is 0 Å². The van der Waals surface area contributed by atoms with Crippen LogP contribution in [0.5, 0.6) is 0 Å². The quantitative estimate of drug-likeness (QED) is 0.867. The Kier molecular flexibility index (Phi) is 5.16. The third kappa shape index (κ3) is 3.89. The van der Waals surface area contributed by atoms with E-state index in [9.17, 15) is 18.8 Å². The number of nitrogens with zero attached hydrogens (tertiary/aromatic N) is 2. The molecule has 2 heterocycles. The van der Waals surface area contributed by atoms with Crippen molar-refractivity contribution in [2.75, 3.05) is 32.7 Å². The van der Waals surface area contributed by atoms with Gasteiger partial charge in [-0.05, 0) is 30.9 Å². The van der Waals surface area contributed by atoms with Crippen LogP contribution in [-0.2, 0) is 0 Å². The minimum absolute atomic E-state index is 0.0919. The summed E-state index contributed by atoms with van der Waals surface area (Å²) >= 11 is 0. The van der Waals surface area contributed by atoms with E-state index >= 15 is 0 Å². The molecule has 1 aromatic rings. The molecule has 0 atom stereocenters. The molecule has 2 aliphatic heterocycles. The second kappa shape index (κ2) is 7.50. The van der Waals surface area contributed by atoms with E-state index in [0.29, 0.717) is 32.7 Å². The molecule has 2 saturated heterocycles. The molecule has 2 N–H and O–H groups in total. The van der Waals surface area contributed by atoms with E-state index in [1.807, 2.05) is 0 Å². The Hall–Kier alpha value is -2.64. The van der Waals surface area contributed by atoms with Gasteiger partial charge in [0.2, 0.25) is 0 Å². The van der Waals surface area contributed by atoms with Gasteiger partial charge in [-0.3, -0.25) is 4.79 Å². The third-order valence-corrected chi connectivity index (χ3v) is 4.65. The summed E-state index contributed by atoms with van der Waals surface area (Å²) in [5.74, 6) is -0.570. The zero-order chi connectivity index (χ0) is 17.8. The monoisotopic (exact) mass is 348 g/mol. The van der Waals surface area contributed by atoms with Gasteiger partial charge in [-0.15, -0.1) is 0 Å². The lowest BCUT2D eigenvalue weighted by Crippen LogP contribution is -2.46. The first-order valence-corrected chi connectivity index (χ1v) is 8.43. The van der Waals surface area contributed by atoms with E-state index in [1.165, 1.54) is 12.1 Å². The summed E-state index contributed by atoms with van der Waals surface area (Å²) in [4.78, 5) is 38.5. The van der Waals surface area contributed by atoms with Gasteiger partial charge in [-0.1, -0.05) is 12.1 Å². The van der Waals surface area contributed by atoms with Gasteiger partial charge in [0, 0.05) is 32.7 Å². The highest BCUT2D eigenvalue weighted by atomic mass is 19.1. The average molecular weight is 348 g/mol. The first kappa shape index (κ1) is 17.2. The largest absolute Gasteiger partial charge is 0.339 e. The minimum Gasteiger partial charge on any atom is -0.339 e. The van der Waals surface area contributed by atoms with E-state index in [2.05, 4.69) is 10.6 Å². The van der Waals surface area contributed by atoms with Crippen LogP contribution in [0, 0.1) is 11.7 Å². The predicted molar refractivity (Wildman–Crippen MR) is 88.5 cm³/mol. The number of hydrogen-bond donors (Lipinski definition) is 2. The summed E-state index contributed by atoms with van der Waals surface area (Å²) in [5.41, 5.74) is 0.0919. The molecule has 0 saturated carbocycles. The average Bonchev–Trinajstić information content (AvgIpc) is 3.06. The molecule has 0 aliphatic carbocycles. The molecular weight excluding hydrogens is 327 g/mol. The van der Waals surface area contributed by atoms with Gasteiger partial charge in [-0.2, -0.15) is 0 Å². The van der Waals surface area contributed by atoms with Crippen molar-refractivity contribution in [2.45, 2.75) is 12.8 Å². The number of urea groups is 2. The van der Waals surface area contributed by atoms with Gasteiger partial charge in [0.05, 0.1) is 5.56 Å². The van der Waals surface area contributed by atoms with Gasteiger partial charge < -0.3 is 15.5 Å². The summed E-state index contributed by atoms with van der Waals surface area (Å²) in [6, 6.07) is 5.21. The summed E-state index contributed by atoms with van der Waals surface area (Å²) in [7, 11) is 0. The zero-order valence-electron chi connectivity index (χ0n) is 13.8. The molecule has 0 spiro atoms. The fraction of sp³-hybridized carbons (Fsp3) is 0.471. The lowest BCUT2D eigenvalue weighted by atomic mass is 9.96. The molecule has 2 aliphatic rings. The highest BCUT2D eigenvalue weighted by molar-refractivity contribution is 5.95. The standard InChI is InChI=1S/C17H21FN4O3/c18-14-4-2-1-3-13(14)15(23)21-8-5-12(6-9-21)11-20-17(25)22-10-7-19-16(22)24/h1-4,12H,5-11H2,(H,19,24)(H,20,25). The van der Waals surface area contributed by atoms with Crippen LogP contribution in [0.25, 0.3) is 0 Å². The molecule has 0 bridgehead atoms. The van der Waals surface area contributed by atoms with E-state index in [-0.39, 0.29) is 29.5 Å². The maximum Gasteiger partial charge on any atom is 0.325 e. The maximum absolute atomic E-state index is 13.7. The van der Waals surface area contributed by atoms with Crippen LogP contribution in [-0.4, -0.2) is 60.5 Å². The van der Waals surface area contributed by atoms with E-state index < -0.39 is 5.82 Å². The number of imide groups is 1. The van der Waals surface area contributed by atoms with Gasteiger partial charge in [0.15, 0.2) is 0 Å². The van der Waals surface area contributed by atoms with Gasteiger partial charge in [-0.25, -0.2) is 18.9 Å². The molecule has 8 heteroatoms. The smallest absolute Gasteiger partial charge is 0.325 e. The second-order valence-corrected chi connectivity index (χ2v) is 6.29. The lowest BCUT2D eigenvalue weighted by Gasteiger charge is -2.32. The van der Waals surface area contributed by atoms with Gasteiger partial charge in [0.1, 0.15) is 5.82 Å². The van der Waals surface area contributed by atoms with Crippen molar-refractivity contribution in [1.82, 2.24) is 20.4 Å². The van der Waals surface area contributed by atoms with E-state index in [1.54, 1.807) is 17.0 Å². The van der Waals surface area contributed by atoms with Crippen molar-refractivity contribution < 1.29 is 18.8 Å². The predicted octanol–water partition coefficient (Wildman–Crippen LogP) is 1.41. The number of piperidine rings is 1. The van der Waals surface area contributed by atoms with Crippen LogP contribution in [0.15, 0.2) is 24.3 Å². The minimum atomic E-state index is -0.509. The van der Waals surface area contributed by atoms with Crippen molar-refractivity contribution in [3.8, 4) is 0 Å². The molecule has 0 radical (unpaired) electrons. The first-order chi connectivity index (χ1) is 12.1. The van der Waals surface area contributed by atoms with Crippen LogP contribution in [0.2, 0.25) is 0 Å². The number of rotatable bonds is 3. The Morgan fingerprint density at radius 1 is 1.20 bits per heavy atom. The highest BCUT2D eigenvalue weighted by Crippen LogP contribution is 2.19. The van der Waals surface area contributed by atoms with Gasteiger partial charge in [0.25, 0.3) is 5.91 Å². The maximum atomic E-state index is 13.7. The summed E-state index contributed by atoms with van der Waals surface area (Å²) in [5, 5.41) is 5.35. The zero-order valence-corrected chi connectivity index (χ0v) is 13.8. The molecule has 7 nitrogen and oxygen atoms in total. The summed E-state index contributed by atoms with van der Waals surface area (Å²) in [6.45, 7) is 2.36. The Morgan fingerprint density at radius 2 is 1.92 bits per heavy atom. The SMILES string of the molecule is O=C(c1ccccc1F)N1CCC(CNC(=O)N2CCNC2=O)CC1. The van der Waals surface area contributed by atoms with Crippen LogP contribution in [0.3, 0.4) is 0 Å². The molecule has 0 unspecified atom stereocenters. The van der Waals surface area contributed by atoms with Gasteiger partial charge >= 0.3 is 12.1 Å². The molecule has 134 valence electrons. The van der Waals surface area contributed by atoms with Crippen molar-refractivity contribution >= 4 is 18.0 Å².